The number of nitrogens with zero attached hydrogens (tertiary/aromatic N) is 1. The van der Waals surface area contributed by atoms with Crippen LogP contribution in [0.1, 0.15) is 51.5 Å². The maximum Gasteiger partial charge on any atom is 0.317 e. The first-order valence-corrected chi connectivity index (χ1v) is 8.32. The standard InChI is InChI=1S/C18H28N2O/c1-3-17(4-2)19-18(21)20(14-16-11-8-12-16)13-15-9-6-5-7-10-15/h5-7,9-10,16-17H,3-4,8,11-14H2,1-2H3,(H,19,21). The predicted octanol–water partition coefficient (Wildman–Crippen LogP) is 4.19. The van der Waals surface area contributed by atoms with Crippen LogP contribution in [0.3, 0.4) is 0 Å². The summed E-state index contributed by atoms with van der Waals surface area (Å²) in [6.45, 7) is 5.86. The smallest absolute Gasteiger partial charge is 0.317 e. The second-order valence-electron chi connectivity index (χ2n) is 6.13. The first kappa shape index (κ1) is 15.9. The molecule has 1 aliphatic carbocycles. The zero-order valence-corrected chi connectivity index (χ0v) is 13.3. The third kappa shape index (κ3) is 4.76. The third-order valence-electron chi connectivity index (χ3n) is 4.52. The van der Waals surface area contributed by atoms with E-state index < -0.39 is 0 Å². The molecular weight excluding hydrogens is 260 g/mol. The minimum Gasteiger partial charge on any atom is -0.335 e. The van der Waals surface area contributed by atoms with Crippen molar-refractivity contribution in [1.82, 2.24) is 10.2 Å². The van der Waals surface area contributed by atoms with E-state index in [4.69, 9.17) is 0 Å². The van der Waals surface area contributed by atoms with E-state index in [1.807, 2.05) is 23.1 Å². The fourth-order valence-electron chi connectivity index (χ4n) is 2.77. The predicted molar refractivity (Wildman–Crippen MR) is 87.1 cm³/mol. The van der Waals surface area contributed by atoms with Gasteiger partial charge in [-0.2, -0.15) is 0 Å². The van der Waals surface area contributed by atoms with Crippen LogP contribution < -0.4 is 5.32 Å². The summed E-state index contributed by atoms with van der Waals surface area (Å²) >= 11 is 0. The van der Waals surface area contributed by atoms with Gasteiger partial charge in [0.1, 0.15) is 0 Å². The van der Waals surface area contributed by atoms with Gasteiger partial charge in [0.2, 0.25) is 0 Å². The number of hydrogen-bond acceptors (Lipinski definition) is 1. The van der Waals surface area contributed by atoms with Crippen LogP contribution in [0.4, 0.5) is 4.79 Å². The first-order chi connectivity index (χ1) is 10.2. The van der Waals surface area contributed by atoms with E-state index in [-0.39, 0.29) is 12.1 Å². The molecule has 0 saturated heterocycles. The lowest BCUT2D eigenvalue weighted by Crippen LogP contribution is -2.46. The van der Waals surface area contributed by atoms with Crippen molar-refractivity contribution in [1.29, 1.82) is 0 Å². The van der Waals surface area contributed by atoms with Crippen LogP contribution in [0.15, 0.2) is 30.3 Å². The molecule has 3 nitrogen and oxygen atoms in total. The fraction of sp³-hybridized carbons (Fsp3) is 0.611. The van der Waals surface area contributed by atoms with Gasteiger partial charge in [-0.25, -0.2) is 4.79 Å². The van der Waals surface area contributed by atoms with E-state index >= 15 is 0 Å². The first-order valence-electron chi connectivity index (χ1n) is 8.32. The van der Waals surface area contributed by atoms with E-state index in [1.54, 1.807) is 0 Å². The minimum atomic E-state index is 0.0967. The average molecular weight is 288 g/mol. The molecule has 0 heterocycles. The lowest BCUT2D eigenvalue weighted by atomic mass is 9.85. The largest absolute Gasteiger partial charge is 0.335 e. The second-order valence-corrected chi connectivity index (χ2v) is 6.13. The number of urea groups is 1. The molecule has 0 unspecified atom stereocenters. The summed E-state index contributed by atoms with van der Waals surface area (Å²) in [5, 5.41) is 3.18. The molecule has 21 heavy (non-hydrogen) atoms. The molecule has 0 bridgehead atoms. The molecule has 0 aromatic heterocycles. The zero-order chi connectivity index (χ0) is 15.1. The van der Waals surface area contributed by atoms with Crippen LogP contribution in [0.2, 0.25) is 0 Å². The Morgan fingerprint density at radius 2 is 1.90 bits per heavy atom. The molecule has 1 aromatic rings. The van der Waals surface area contributed by atoms with Gasteiger partial charge >= 0.3 is 6.03 Å². The molecule has 1 aromatic carbocycles. The topological polar surface area (TPSA) is 32.3 Å². The number of carbonyl (C=O) groups is 1. The fourth-order valence-corrected chi connectivity index (χ4v) is 2.77. The maximum atomic E-state index is 12.6. The number of carbonyl (C=O) groups excluding carboxylic acids is 1. The number of rotatable bonds is 7. The highest BCUT2D eigenvalue weighted by atomic mass is 16.2. The number of hydrogen-bond donors (Lipinski definition) is 1. The molecule has 1 saturated carbocycles. The highest BCUT2D eigenvalue weighted by molar-refractivity contribution is 5.74. The summed E-state index contributed by atoms with van der Waals surface area (Å²) in [5.41, 5.74) is 1.21. The summed E-state index contributed by atoms with van der Waals surface area (Å²) in [7, 11) is 0. The number of nitrogens with one attached hydrogen (secondary N) is 1. The van der Waals surface area contributed by atoms with Crippen LogP contribution >= 0.6 is 0 Å². The molecule has 116 valence electrons. The Hall–Kier alpha value is -1.51. The molecule has 1 aliphatic rings. The summed E-state index contributed by atoms with van der Waals surface area (Å²) in [4.78, 5) is 14.6. The zero-order valence-electron chi connectivity index (χ0n) is 13.3. The minimum absolute atomic E-state index is 0.0967. The maximum absolute atomic E-state index is 12.6. The number of amides is 2. The molecule has 2 rings (SSSR count). The Morgan fingerprint density at radius 3 is 2.43 bits per heavy atom. The van der Waals surface area contributed by atoms with Crippen molar-refractivity contribution in [2.24, 2.45) is 5.92 Å². The van der Waals surface area contributed by atoms with Crippen LogP contribution in [0.25, 0.3) is 0 Å². The molecule has 0 aliphatic heterocycles. The van der Waals surface area contributed by atoms with Crippen LogP contribution in [0.5, 0.6) is 0 Å². The normalized spacial score (nSPS) is 14.8. The summed E-state index contributed by atoms with van der Waals surface area (Å²) in [6.07, 6.45) is 5.83. The van der Waals surface area contributed by atoms with Crippen molar-refractivity contribution < 1.29 is 4.79 Å². The molecule has 0 spiro atoms. The quantitative estimate of drug-likeness (QED) is 0.801. The molecule has 2 amide bonds. The molecule has 1 fully saturated rings. The van der Waals surface area contributed by atoms with Gasteiger partial charge in [0, 0.05) is 19.1 Å². The molecule has 1 N–H and O–H groups in total. The lowest BCUT2D eigenvalue weighted by Gasteiger charge is -2.33. The Bertz CT molecular complexity index is 424. The van der Waals surface area contributed by atoms with Crippen LogP contribution in [0, 0.1) is 5.92 Å². The number of benzene rings is 1. The highest BCUT2D eigenvalue weighted by Crippen LogP contribution is 2.27. The molecule has 3 heteroatoms. The van der Waals surface area contributed by atoms with Gasteiger partial charge in [-0.15, -0.1) is 0 Å². The summed E-state index contributed by atoms with van der Waals surface area (Å²) in [6, 6.07) is 10.7. The Labute approximate surface area is 128 Å². The van der Waals surface area contributed by atoms with E-state index in [2.05, 4.69) is 31.3 Å². The van der Waals surface area contributed by atoms with E-state index in [1.165, 1.54) is 24.8 Å². The average Bonchev–Trinajstić information content (AvgIpc) is 2.47. The van der Waals surface area contributed by atoms with Crippen molar-refractivity contribution in [2.75, 3.05) is 6.54 Å². The highest BCUT2D eigenvalue weighted by Gasteiger charge is 2.24. The summed E-state index contributed by atoms with van der Waals surface area (Å²) < 4.78 is 0. The van der Waals surface area contributed by atoms with E-state index in [0.29, 0.717) is 12.5 Å². The van der Waals surface area contributed by atoms with E-state index in [0.717, 1.165) is 19.4 Å². The molecular formula is C18H28N2O. The molecule has 0 radical (unpaired) electrons. The van der Waals surface area contributed by atoms with Gasteiger partial charge in [0.25, 0.3) is 0 Å². The summed E-state index contributed by atoms with van der Waals surface area (Å²) in [5.74, 6) is 0.696. The van der Waals surface area contributed by atoms with Crippen molar-refractivity contribution in [3.63, 3.8) is 0 Å². The van der Waals surface area contributed by atoms with Crippen molar-refractivity contribution >= 4 is 6.03 Å². The third-order valence-corrected chi connectivity index (χ3v) is 4.52. The Kier molecular flexibility index (Phi) is 6.09. The van der Waals surface area contributed by atoms with Crippen LogP contribution in [-0.4, -0.2) is 23.5 Å². The van der Waals surface area contributed by atoms with Gasteiger partial charge in [0.05, 0.1) is 0 Å². The van der Waals surface area contributed by atoms with Gasteiger partial charge in [0.15, 0.2) is 0 Å². The molecule has 0 atom stereocenters. The van der Waals surface area contributed by atoms with Gasteiger partial charge in [-0.1, -0.05) is 50.6 Å². The Balaban J connectivity index is 1.98. The lowest BCUT2D eigenvalue weighted by molar-refractivity contribution is 0.160. The second kappa shape index (κ2) is 8.06. The Morgan fingerprint density at radius 1 is 1.24 bits per heavy atom. The van der Waals surface area contributed by atoms with Crippen molar-refractivity contribution in [2.45, 2.75) is 58.5 Å². The van der Waals surface area contributed by atoms with Crippen LogP contribution in [-0.2, 0) is 6.54 Å². The van der Waals surface area contributed by atoms with Gasteiger partial charge < -0.3 is 10.2 Å². The van der Waals surface area contributed by atoms with Crippen molar-refractivity contribution in [3.05, 3.63) is 35.9 Å². The SMILES string of the molecule is CCC(CC)NC(=O)N(Cc1ccccc1)CC1CCC1. The monoisotopic (exact) mass is 288 g/mol. The van der Waals surface area contributed by atoms with Gasteiger partial charge in [-0.05, 0) is 37.2 Å². The van der Waals surface area contributed by atoms with E-state index in [9.17, 15) is 4.79 Å². The van der Waals surface area contributed by atoms with Crippen molar-refractivity contribution in [3.8, 4) is 0 Å². The van der Waals surface area contributed by atoms with Gasteiger partial charge in [-0.3, -0.25) is 0 Å².